The zero-order valence-corrected chi connectivity index (χ0v) is 46.5. The number of anilines is 5. The smallest absolute Gasteiger partial charge is 0.193 e. The van der Waals surface area contributed by atoms with Crippen LogP contribution in [0.2, 0.25) is 0 Å². The highest BCUT2D eigenvalue weighted by Gasteiger charge is 2.51. The van der Waals surface area contributed by atoms with Crippen LogP contribution in [-0.4, -0.2) is 11.8 Å². The molecule has 3 heteroatoms. The quantitative estimate of drug-likeness (QED) is 0.142. The maximum atomic E-state index is 15.9. The van der Waals surface area contributed by atoms with E-state index in [1.165, 1.54) is 60.2 Å². The minimum Gasteiger partial charge on any atom is -0.334 e. The molecule has 13 aromatic rings. The second-order valence-electron chi connectivity index (χ2n) is 23.0. The minimum absolute atomic E-state index is 0.0168. The Kier molecular flexibility index (Phi) is 11.1. The highest BCUT2D eigenvalue weighted by molar-refractivity contribution is 6.13. The minimum atomic E-state index is -0.569. The van der Waals surface area contributed by atoms with Gasteiger partial charge in [-0.2, -0.15) is 0 Å². The summed E-state index contributed by atoms with van der Waals surface area (Å²) < 4.78 is 0. The summed E-state index contributed by atoms with van der Waals surface area (Å²) in [6.45, 7) is 0. The lowest BCUT2D eigenvalue weighted by Crippen LogP contribution is -2.37. The van der Waals surface area contributed by atoms with E-state index in [-0.39, 0.29) is 11.8 Å². The van der Waals surface area contributed by atoms with Gasteiger partial charge in [0.1, 0.15) is 0 Å². The van der Waals surface area contributed by atoms with E-state index in [4.69, 9.17) is 0 Å². The molecule has 0 amide bonds. The predicted molar refractivity (Wildman–Crippen MR) is 352 cm³/mol. The van der Waals surface area contributed by atoms with Gasteiger partial charge in [-0.1, -0.05) is 237 Å². The van der Waals surface area contributed by atoms with E-state index < -0.39 is 5.41 Å². The van der Waals surface area contributed by atoms with Gasteiger partial charge in [-0.05, 0) is 189 Å². The Balaban J connectivity index is 0.872. The summed E-state index contributed by atoms with van der Waals surface area (Å²) in [6.07, 6.45) is 5.68. The second kappa shape index (κ2) is 19.4. The summed E-state index contributed by atoms with van der Waals surface area (Å²) in [5, 5.41) is 4.88. The van der Waals surface area contributed by atoms with E-state index in [1.54, 1.807) is 0 Å². The largest absolute Gasteiger partial charge is 0.334 e. The normalized spacial score (nSPS) is 14.0. The number of rotatable bonds is 8. The van der Waals surface area contributed by atoms with Crippen molar-refractivity contribution in [3.05, 3.63) is 341 Å². The molecule has 0 N–H and O–H groups in total. The molecule has 1 spiro atoms. The van der Waals surface area contributed by atoms with Crippen molar-refractivity contribution in [2.24, 2.45) is 0 Å². The van der Waals surface area contributed by atoms with Crippen LogP contribution < -0.4 is 20.2 Å². The maximum absolute atomic E-state index is 15.9. The topological polar surface area (TPSA) is 23.6 Å². The number of nitrogens with zero attached hydrogens (tertiary/aromatic N) is 2. The van der Waals surface area contributed by atoms with Crippen LogP contribution in [0.3, 0.4) is 0 Å². The summed E-state index contributed by atoms with van der Waals surface area (Å²) in [6, 6.07) is 108. The van der Waals surface area contributed by atoms with Crippen molar-refractivity contribution in [1.29, 1.82) is 0 Å². The third-order valence-corrected chi connectivity index (χ3v) is 18.5. The van der Waals surface area contributed by atoms with Crippen molar-refractivity contribution >= 4 is 57.1 Å². The van der Waals surface area contributed by atoms with E-state index in [2.05, 4.69) is 319 Å². The van der Waals surface area contributed by atoms with Gasteiger partial charge in [0.05, 0.1) is 11.5 Å². The monoisotopic (exact) mass is 1080 g/mol. The molecule has 0 saturated heterocycles. The third-order valence-electron chi connectivity index (χ3n) is 18.5. The van der Waals surface area contributed by atoms with Gasteiger partial charge in [0.25, 0.3) is 0 Å². The molecular weight excluding hydrogens is 1030 g/mol. The molecule has 0 radical (unpaired) electrons. The van der Waals surface area contributed by atoms with Gasteiger partial charge in [-0.15, -0.1) is 0 Å². The van der Waals surface area contributed by atoms with Crippen LogP contribution in [0, 0.1) is 0 Å². The number of carbonyl (C=O) groups is 1. The van der Waals surface area contributed by atoms with Crippen LogP contribution >= 0.6 is 0 Å². The number of para-hydroxylation sites is 2. The van der Waals surface area contributed by atoms with Gasteiger partial charge in [-0.25, -0.2) is 0 Å². The number of hydrogen-bond donors (Lipinski definition) is 0. The fourth-order valence-electron chi connectivity index (χ4n) is 14.8. The van der Waals surface area contributed by atoms with Crippen molar-refractivity contribution in [3.63, 3.8) is 0 Å². The van der Waals surface area contributed by atoms with Crippen molar-refractivity contribution in [3.8, 4) is 66.8 Å². The van der Waals surface area contributed by atoms with Gasteiger partial charge in [0.2, 0.25) is 0 Å². The third kappa shape index (κ3) is 7.57. The average molecular weight is 1080 g/mol. The van der Waals surface area contributed by atoms with Gasteiger partial charge < -0.3 is 9.80 Å². The van der Waals surface area contributed by atoms with E-state index in [1.807, 2.05) is 0 Å². The standard InChI is InChI=1S/C82H54N2O/c85-81(58-38-44-73-72-31-15-18-34-79(72)82(80(73)50-58)77-32-16-13-29-70(77)71-30-14-17-33-78(71)82)57-37-43-67-65-27-11-12-28-66(65)75-51-63(83(59-23-3-1-4-24-59)61-39-35-53-19-7-9-21-55(53)47-61)41-45-68(75)69-46-42-64(52-76(69)74(67)49-57)84(60-25-5-2-6-26-60)62-40-36-54-20-8-10-22-56(54)48-62/h1-38,40-52,61H,39H2. The Morgan fingerprint density at radius 1 is 0.306 bits per heavy atom. The molecule has 0 bridgehead atoms. The maximum Gasteiger partial charge on any atom is 0.193 e. The van der Waals surface area contributed by atoms with Crippen molar-refractivity contribution in [2.45, 2.75) is 17.9 Å². The Morgan fingerprint density at radius 3 is 1.41 bits per heavy atom. The second-order valence-corrected chi connectivity index (χ2v) is 23.0. The lowest BCUT2D eigenvalue weighted by molar-refractivity contribution is 0.103. The molecule has 17 rings (SSSR count). The van der Waals surface area contributed by atoms with Crippen molar-refractivity contribution in [1.82, 2.24) is 0 Å². The SMILES string of the molecule is O=C(c1ccc2c(c1)-c1cc(N(c3ccccc3)c3ccc4ccccc4c3)ccc1-c1ccc(N(c3ccccc3)C3C=c4ccccc4=CC3)cc1-c1ccccc1-2)c1ccc2c(c1)C1(c3ccccc3-c3ccccc31)c1ccccc1-2. The highest BCUT2D eigenvalue weighted by atomic mass is 16.1. The van der Waals surface area contributed by atoms with Crippen LogP contribution in [0.15, 0.2) is 297 Å². The fraction of sp³-hybridized carbons (Fsp3) is 0.0366. The number of ketones is 1. The molecule has 1 unspecified atom stereocenters. The molecule has 13 aromatic carbocycles. The number of fused-ring (bicyclic) bond motifs is 20. The number of benzene rings is 13. The molecule has 4 aliphatic carbocycles. The molecule has 85 heavy (non-hydrogen) atoms. The molecular formula is C82H54N2O. The molecule has 0 aliphatic heterocycles. The van der Waals surface area contributed by atoms with Crippen LogP contribution in [-0.2, 0) is 5.41 Å². The van der Waals surface area contributed by atoms with Gasteiger partial charge in [-0.3, -0.25) is 4.79 Å². The molecule has 0 aromatic heterocycles. The van der Waals surface area contributed by atoms with E-state index >= 15 is 4.79 Å². The first-order valence-corrected chi connectivity index (χ1v) is 29.5. The highest BCUT2D eigenvalue weighted by Crippen LogP contribution is 2.63. The molecule has 4 aliphatic rings. The van der Waals surface area contributed by atoms with Crippen molar-refractivity contribution < 1.29 is 4.79 Å². The first kappa shape index (κ1) is 48.8. The van der Waals surface area contributed by atoms with Crippen LogP contribution in [0.4, 0.5) is 28.4 Å². The van der Waals surface area contributed by atoms with Crippen molar-refractivity contribution in [2.75, 3.05) is 9.80 Å². The van der Waals surface area contributed by atoms with Crippen LogP contribution in [0.5, 0.6) is 0 Å². The average Bonchev–Trinajstić information content (AvgIpc) is 1.86. The van der Waals surface area contributed by atoms with Crippen LogP contribution in [0.1, 0.15) is 44.6 Å². The number of hydrogen-bond acceptors (Lipinski definition) is 3. The Bertz CT molecular complexity index is 4980. The Hall–Kier alpha value is -10.9. The number of carbonyl (C=O) groups excluding carboxylic acids is 1. The first-order chi connectivity index (χ1) is 42.1. The van der Waals surface area contributed by atoms with Crippen LogP contribution in [0.25, 0.3) is 89.7 Å². The lowest BCUT2D eigenvalue weighted by Gasteiger charge is -2.34. The van der Waals surface area contributed by atoms with Gasteiger partial charge in [0, 0.05) is 39.6 Å². The Labute approximate surface area is 494 Å². The van der Waals surface area contributed by atoms with E-state index in [9.17, 15) is 0 Å². The summed E-state index contributed by atoms with van der Waals surface area (Å²) in [5.74, 6) is -0.0168. The van der Waals surface area contributed by atoms with E-state index in [0.29, 0.717) is 11.1 Å². The predicted octanol–water partition coefficient (Wildman–Crippen LogP) is 19.0. The summed E-state index contributed by atoms with van der Waals surface area (Å²) in [5.41, 5.74) is 24.6. The molecule has 1 atom stereocenters. The zero-order chi connectivity index (χ0) is 56.2. The zero-order valence-electron chi connectivity index (χ0n) is 46.5. The molecule has 398 valence electrons. The summed E-state index contributed by atoms with van der Waals surface area (Å²) in [7, 11) is 0. The van der Waals surface area contributed by atoms with Gasteiger partial charge in [0.15, 0.2) is 5.78 Å². The summed E-state index contributed by atoms with van der Waals surface area (Å²) >= 11 is 0. The molecule has 3 nitrogen and oxygen atoms in total. The molecule has 0 saturated carbocycles. The summed E-state index contributed by atoms with van der Waals surface area (Å²) in [4.78, 5) is 20.7. The van der Waals surface area contributed by atoms with E-state index in [0.717, 1.165) is 84.9 Å². The Morgan fingerprint density at radius 2 is 0.741 bits per heavy atom. The van der Waals surface area contributed by atoms with Gasteiger partial charge >= 0.3 is 0 Å². The lowest BCUT2D eigenvalue weighted by atomic mass is 9.70. The first-order valence-electron chi connectivity index (χ1n) is 29.5. The molecule has 0 heterocycles. The fourth-order valence-corrected chi connectivity index (χ4v) is 14.8. The molecule has 0 fully saturated rings.